The number of rotatable bonds is 2. The van der Waals surface area contributed by atoms with Gasteiger partial charge in [-0.2, -0.15) is 0 Å². The highest BCUT2D eigenvalue weighted by Gasteiger charge is 2.33. The Morgan fingerprint density at radius 1 is 1.41 bits per heavy atom. The Labute approximate surface area is 99.1 Å². The molecule has 0 bridgehead atoms. The minimum absolute atomic E-state index is 0.103. The molecule has 94 valence electrons. The Hall–Kier alpha value is -1.63. The van der Waals surface area contributed by atoms with Crippen molar-refractivity contribution in [2.45, 2.75) is 6.36 Å². The molecule has 0 fully saturated rings. The Morgan fingerprint density at radius 3 is 2.47 bits per heavy atom. The van der Waals surface area contributed by atoms with Gasteiger partial charge in [0.05, 0.1) is 17.7 Å². The highest BCUT2D eigenvalue weighted by atomic mass is 35.5. The normalized spacial score (nSPS) is 11.1. The van der Waals surface area contributed by atoms with E-state index >= 15 is 0 Å². The number of methoxy groups -OCH3 is 1. The Balaban J connectivity index is 3.24. The van der Waals surface area contributed by atoms with Crippen LogP contribution in [0.3, 0.4) is 0 Å². The highest BCUT2D eigenvalue weighted by molar-refractivity contribution is 6.35. The second-order valence-corrected chi connectivity index (χ2v) is 3.30. The van der Waals surface area contributed by atoms with E-state index in [2.05, 4.69) is 9.47 Å². The zero-order valence-electron chi connectivity index (χ0n) is 8.47. The van der Waals surface area contributed by atoms with Crippen molar-refractivity contribution in [3.63, 3.8) is 0 Å². The summed E-state index contributed by atoms with van der Waals surface area (Å²) < 4.78 is 44.1. The topological polar surface area (TPSA) is 61.5 Å². The van der Waals surface area contributed by atoms with Crippen molar-refractivity contribution in [3.8, 4) is 5.75 Å². The van der Waals surface area contributed by atoms with E-state index in [-0.39, 0.29) is 11.3 Å². The molecule has 4 nitrogen and oxygen atoms in total. The summed E-state index contributed by atoms with van der Waals surface area (Å²) in [6.07, 6.45) is -4.93. The maximum Gasteiger partial charge on any atom is 0.573 e. The van der Waals surface area contributed by atoms with E-state index < -0.39 is 23.1 Å². The maximum atomic E-state index is 12.0. The molecule has 1 aromatic rings. The van der Waals surface area contributed by atoms with E-state index in [0.29, 0.717) is 0 Å². The maximum absolute atomic E-state index is 12.0. The van der Waals surface area contributed by atoms with Crippen LogP contribution in [0.4, 0.5) is 18.9 Å². The monoisotopic (exact) mass is 269 g/mol. The van der Waals surface area contributed by atoms with Crippen molar-refractivity contribution in [3.05, 3.63) is 22.7 Å². The van der Waals surface area contributed by atoms with Crippen LogP contribution in [-0.2, 0) is 4.74 Å². The number of ether oxygens (including phenoxy) is 2. The number of halogens is 4. The van der Waals surface area contributed by atoms with Gasteiger partial charge in [0.1, 0.15) is 0 Å². The third-order valence-corrected chi connectivity index (χ3v) is 2.08. The zero-order chi connectivity index (χ0) is 13.2. The van der Waals surface area contributed by atoms with Gasteiger partial charge < -0.3 is 15.2 Å². The van der Waals surface area contributed by atoms with Crippen LogP contribution < -0.4 is 10.5 Å². The summed E-state index contributed by atoms with van der Waals surface area (Å²) in [5.41, 5.74) is 4.93. The van der Waals surface area contributed by atoms with Crippen LogP contribution >= 0.6 is 11.6 Å². The van der Waals surface area contributed by atoms with Crippen LogP contribution in [0.15, 0.2) is 12.1 Å². The summed E-state index contributed by atoms with van der Waals surface area (Å²) in [5, 5.41) is -0.511. The molecule has 0 aliphatic heterocycles. The summed E-state index contributed by atoms with van der Waals surface area (Å²) in [5.74, 6) is -1.66. The molecule has 0 aliphatic rings. The predicted molar refractivity (Wildman–Crippen MR) is 53.9 cm³/mol. The average Bonchev–Trinajstić information content (AvgIpc) is 2.19. The van der Waals surface area contributed by atoms with Gasteiger partial charge in [-0.05, 0) is 6.07 Å². The van der Waals surface area contributed by atoms with Gasteiger partial charge in [0.15, 0.2) is 5.75 Å². The first-order chi connectivity index (χ1) is 7.74. The molecule has 0 saturated heterocycles. The minimum atomic E-state index is -4.93. The SMILES string of the molecule is COC(=O)c1cc(N)cc(OC(F)(F)F)c1Cl. The van der Waals surface area contributed by atoms with Crippen LogP contribution in [0.5, 0.6) is 5.75 Å². The standard InChI is InChI=1S/C9H7ClF3NO3/c1-16-8(15)5-2-4(14)3-6(7(5)10)17-9(11,12)13/h2-3H,14H2,1H3. The first kappa shape index (κ1) is 13.4. The van der Waals surface area contributed by atoms with Crippen LogP contribution in [0, 0.1) is 0 Å². The summed E-state index contributed by atoms with van der Waals surface area (Å²) in [6, 6.07) is 1.96. The van der Waals surface area contributed by atoms with E-state index in [1.807, 2.05) is 0 Å². The number of alkyl halides is 3. The molecular formula is C9H7ClF3NO3. The number of esters is 1. The van der Waals surface area contributed by atoms with Crippen molar-refractivity contribution < 1.29 is 27.4 Å². The summed E-state index contributed by atoms with van der Waals surface area (Å²) >= 11 is 5.58. The second kappa shape index (κ2) is 4.70. The van der Waals surface area contributed by atoms with Gasteiger partial charge >= 0.3 is 12.3 Å². The largest absolute Gasteiger partial charge is 0.573 e. The highest BCUT2D eigenvalue weighted by Crippen LogP contribution is 2.35. The van der Waals surface area contributed by atoms with E-state index in [1.54, 1.807) is 0 Å². The number of hydrogen-bond acceptors (Lipinski definition) is 4. The lowest BCUT2D eigenvalue weighted by atomic mass is 10.2. The molecule has 17 heavy (non-hydrogen) atoms. The number of hydrogen-bond donors (Lipinski definition) is 1. The molecule has 0 amide bonds. The molecule has 1 aromatic carbocycles. The lowest BCUT2D eigenvalue weighted by Crippen LogP contribution is -2.18. The number of carbonyl (C=O) groups is 1. The van der Waals surface area contributed by atoms with E-state index in [9.17, 15) is 18.0 Å². The van der Waals surface area contributed by atoms with Gasteiger partial charge in [-0.25, -0.2) is 4.79 Å². The molecule has 0 atom stereocenters. The number of benzene rings is 1. The quantitative estimate of drug-likeness (QED) is 0.662. The van der Waals surface area contributed by atoms with E-state index in [4.69, 9.17) is 17.3 Å². The van der Waals surface area contributed by atoms with Gasteiger partial charge in [-0.1, -0.05) is 11.6 Å². The fraction of sp³-hybridized carbons (Fsp3) is 0.222. The van der Waals surface area contributed by atoms with Crippen molar-refractivity contribution in [1.29, 1.82) is 0 Å². The summed E-state index contributed by atoms with van der Waals surface area (Å²) in [6.45, 7) is 0. The van der Waals surface area contributed by atoms with Crippen LogP contribution in [0.25, 0.3) is 0 Å². The predicted octanol–water partition coefficient (Wildman–Crippen LogP) is 2.61. The van der Waals surface area contributed by atoms with Crippen molar-refractivity contribution >= 4 is 23.3 Å². The number of nitrogen functional groups attached to an aromatic ring is 1. The lowest BCUT2D eigenvalue weighted by molar-refractivity contribution is -0.274. The third-order valence-electron chi connectivity index (χ3n) is 1.69. The van der Waals surface area contributed by atoms with Gasteiger partial charge in [0.25, 0.3) is 0 Å². The van der Waals surface area contributed by atoms with Crippen LogP contribution in [-0.4, -0.2) is 19.4 Å². The Morgan fingerprint density at radius 2 is 2.00 bits per heavy atom. The molecule has 1 rings (SSSR count). The molecule has 0 spiro atoms. The number of nitrogens with two attached hydrogens (primary N) is 1. The molecule has 2 N–H and O–H groups in total. The van der Waals surface area contributed by atoms with Crippen LogP contribution in [0.2, 0.25) is 5.02 Å². The minimum Gasteiger partial charge on any atom is -0.465 e. The third kappa shape index (κ3) is 3.42. The molecular weight excluding hydrogens is 263 g/mol. The fourth-order valence-corrected chi connectivity index (χ4v) is 1.30. The first-order valence-electron chi connectivity index (χ1n) is 4.17. The molecule has 0 saturated carbocycles. The van der Waals surface area contributed by atoms with Crippen molar-refractivity contribution in [2.75, 3.05) is 12.8 Å². The number of anilines is 1. The second-order valence-electron chi connectivity index (χ2n) is 2.92. The van der Waals surface area contributed by atoms with Gasteiger partial charge in [-0.3, -0.25) is 0 Å². The molecule has 0 aliphatic carbocycles. The fourth-order valence-electron chi connectivity index (χ4n) is 1.08. The average molecular weight is 270 g/mol. The zero-order valence-corrected chi connectivity index (χ0v) is 9.22. The molecule has 0 radical (unpaired) electrons. The van der Waals surface area contributed by atoms with Gasteiger partial charge in [-0.15, -0.1) is 13.2 Å². The molecule has 0 aromatic heterocycles. The molecule has 0 heterocycles. The van der Waals surface area contributed by atoms with Crippen LogP contribution in [0.1, 0.15) is 10.4 Å². The smallest absolute Gasteiger partial charge is 0.465 e. The van der Waals surface area contributed by atoms with E-state index in [1.165, 1.54) is 0 Å². The Kier molecular flexibility index (Phi) is 3.72. The summed E-state index contributed by atoms with van der Waals surface area (Å²) in [4.78, 5) is 11.2. The lowest BCUT2D eigenvalue weighted by Gasteiger charge is -2.13. The molecule has 0 unspecified atom stereocenters. The van der Waals surface area contributed by atoms with Gasteiger partial charge in [0, 0.05) is 11.8 Å². The first-order valence-corrected chi connectivity index (χ1v) is 4.55. The van der Waals surface area contributed by atoms with E-state index in [0.717, 1.165) is 19.2 Å². The summed E-state index contributed by atoms with van der Waals surface area (Å²) in [7, 11) is 1.06. The van der Waals surface area contributed by atoms with Crippen molar-refractivity contribution in [2.24, 2.45) is 0 Å². The van der Waals surface area contributed by atoms with Crippen molar-refractivity contribution in [1.82, 2.24) is 0 Å². The Bertz CT molecular complexity index is 448. The van der Waals surface area contributed by atoms with Gasteiger partial charge in [0.2, 0.25) is 0 Å². The number of carbonyl (C=O) groups excluding carboxylic acids is 1. The molecule has 8 heteroatoms.